The molecule has 0 spiro atoms. The van der Waals surface area contributed by atoms with Crippen molar-refractivity contribution in [1.82, 2.24) is 57.4 Å². The van der Waals surface area contributed by atoms with Crippen LogP contribution in [0.1, 0.15) is 136 Å². The Labute approximate surface area is 647 Å². The van der Waals surface area contributed by atoms with Crippen LogP contribution in [-0.2, 0) is 97.4 Å². The highest BCUT2D eigenvalue weighted by Crippen LogP contribution is 2.40. The van der Waals surface area contributed by atoms with E-state index in [9.17, 15) is 82.4 Å². The molecule has 2 aromatic heterocycles. The molecule has 2 aliphatic heterocycles. The summed E-state index contributed by atoms with van der Waals surface area (Å²) in [4.78, 5) is 202. The number of hydrogen-bond acceptors (Lipinski definition) is 20. The summed E-state index contributed by atoms with van der Waals surface area (Å²) in [5.74, 6) is -13.2. The number of carbonyl (C=O) groups excluding carboxylic acids is 12. The molecule has 4 heterocycles. The van der Waals surface area contributed by atoms with Gasteiger partial charge in [0, 0.05) is 85.4 Å². The standard InChI is InChI=1S/C76H103N12O19PS2/c1-41(2)76(11)60(93)36-54(44(5)107-108(104,105)106)67(97)83-57(64(77)95)40-110-39-48-16-12-15-47(31-48)38-109-30-27-61(94)84-63(74(6,7)8)71(101)82-56(33-46-21-25-52(91)26-22-46)72(102)88-29-14-18-58(88)69(99)85-62(43(4)89)70(100)81-55(34-50-37-79-65-53(50)17-13-28-78-65)68(98)86-75(9,10)73(103)80-42(3)59(92)35-49(66(96)87-76)32-45-19-23-51(90)24-20-45/h12-13,15-17,19-26,28,31,37,41-44,49,54-58,62-63,89-91H,14,18,27,29-30,32-36,38-40H2,1-11H3,(H2,77,95)(H,78,79)(H,80,103)(H,81,100)(H,82,101)(H,83,97)(H,84,94)(H,85,99)(H,86,98)(H,87,96)(H2,104,105,106)/t42-,43+,44+,49+,54-,55-,56-,57-,58-,62-,63+,76-/m0/s1. The van der Waals surface area contributed by atoms with E-state index in [2.05, 4.69) is 52.5 Å². The van der Waals surface area contributed by atoms with Crippen molar-refractivity contribution in [3.8, 4) is 11.5 Å². The number of nitrogens with two attached hydrogens (primary N) is 1. The fourth-order valence-corrected chi connectivity index (χ4v) is 15.3. The molecule has 0 radical (unpaired) electrons. The van der Waals surface area contributed by atoms with E-state index < -0.39 is 180 Å². The molecular weight excluding hydrogens is 1480 g/mol. The molecule has 10 amide bonds. The number of phenolic OH excluding ortho intramolecular Hbond substituents is 2. The van der Waals surface area contributed by atoms with Gasteiger partial charge in [0.2, 0.25) is 59.1 Å². The van der Waals surface area contributed by atoms with Crippen molar-refractivity contribution in [3.05, 3.63) is 125 Å². The number of H-pyrrole nitrogens is 1. The van der Waals surface area contributed by atoms with Gasteiger partial charge in [0.25, 0.3) is 0 Å². The van der Waals surface area contributed by atoms with Gasteiger partial charge in [0.05, 0.1) is 29.7 Å². The Kier molecular flexibility index (Phi) is 30.9. The molecule has 16 N–H and O–H groups in total. The predicted octanol–water partition coefficient (Wildman–Crippen LogP) is 3.48. The van der Waals surface area contributed by atoms with Gasteiger partial charge in [0.15, 0.2) is 11.6 Å². The molecule has 31 nitrogen and oxygen atoms in total. The predicted molar refractivity (Wildman–Crippen MR) is 412 cm³/mol. The van der Waals surface area contributed by atoms with Gasteiger partial charge in [-0.25, -0.2) is 9.55 Å². The van der Waals surface area contributed by atoms with Gasteiger partial charge < -0.3 is 83.3 Å². The average Bonchev–Trinajstić information content (AvgIpc) is 1.70. The highest BCUT2D eigenvalue weighted by Gasteiger charge is 2.46. The smallest absolute Gasteiger partial charge is 0.469 e. The summed E-state index contributed by atoms with van der Waals surface area (Å²) in [5.41, 5.74) is 4.61. The first-order chi connectivity index (χ1) is 51.5. The SMILES string of the molecule is CC(C)[C@]1(C)NC(=O)[C@H](Cc2ccc(O)cc2)CC(=O)[C@H](C)NC(=O)C(C)(C)NC(=O)[C@H](Cc2c[nH]c3ncccc23)NC(=O)[C@H]([C@@H](C)O)NC(=O)[C@@H]2CCCN2C(=O)[C@H](Cc2ccc(O)cc2)NC(=O)[C@H](C(C)(C)C)NC(=O)CCSCc2cccc(c2)CSC[C@@H](C(N)=O)NC(=O)[C@H]([C@@H](C)OP(=O)(O)O)CC1=O. The molecule has 7 rings (SSSR count). The van der Waals surface area contributed by atoms with E-state index in [0.29, 0.717) is 51.4 Å². The number of ketones is 2. The number of Topliss-reactive ketones (excluding diaryl/α,β-unsaturated/α-hetero) is 2. The van der Waals surface area contributed by atoms with Gasteiger partial charge in [-0.3, -0.25) is 62.1 Å². The molecule has 2 aliphatic rings. The quantitative estimate of drug-likeness (QED) is 0.0795. The second kappa shape index (κ2) is 38.6. The lowest BCUT2D eigenvalue weighted by Gasteiger charge is -2.36. The first-order valence-electron chi connectivity index (χ1n) is 36.3. The molecule has 1 fully saturated rings. The third-order valence-corrected chi connectivity index (χ3v) is 22.4. The first-order valence-corrected chi connectivity index (χ1v) is 40.1. The lowest BCUT2D eigenvalue weighted by atomic mass is 9.78. The number of carbonyl (C=O) groups is 12. The number of aliphatic hydroxyl groups excluding tert-OH is 1. The van der Waals surface area contributed by atoms with Crippen LogP contribution in [0.2, 0.25) is 0 Å². The molecule has 5 aromatic rings. The Bertz CT molecular complexity index is 4210. The van der Waals surface area contributed by atoms with E-state index >= 15 is 4.79 Å². The van der Waals surface area contributed by atoms with Crippen molar-refractivity contribution in [3.63, 3.8) is 0 Å². The summed E-state index contributed by atoms with van der Waals surface area (Å²) in [7, 11) is -5.36. The largest absolute Gasteiger partial charge is 0.508 e. The Morgan fingerprint density at radius 2 is 1.34 bits per heavy atom. The number of fused-ring (bicyclic) bond motifs is 4. The number of aliphatic hydroxyl groups is 1. The molecular formula is C76H103N12O19PS2. The van der Waals surface area contributed by atoms with E-state index in [4.69, 9.17) is 10.3 Å². The minimum Gasteiger partial charge on any atom is -0.508 e. The number of nitrogens with one attached hydrogen (secondary N) is 9. The number of rotatable bonds is 12. The molecule has 0 aliphatic carbocycles. The number of phosphoric ester groups is 1. The van der Waals surface area contributed by atoms with Gasteiger partial charge in [-0.1, -0.05) is 83.1 Å². The summed E-state index contributed by atoms with van der Waals surface area (Å²) >= 11 is 2.64. The number of phenols is 2. The number of amides is 10. The van der Waals surface area contributed by atoms with Crippen LogP contribution < -0.4 is 48.3 Å². The van der Waals surface area contributed by atoms with Gasteiger partial charge in [0.1, 0.15) is 58.9 Å². The van der Waals surface area contributed by atoms with Gasteiger partial charge in [-0.15, -0.1) is 0 Å². The molecule has 3 aromatic carbocycles. The normalized spacial score (nSPS) is 25.3. The third kappa shape index (κ3) is 24.9. The van der Waals surface area contributed by atoms with Crippen molar-refractivity contribution >= 4 is 113 Å². The number of aromatic nitrogens is 2. The maximum atomic E-state index is 15.0. The zero-order valence-corrected chi connectivity index (χ0v) is 66.1. The first kappa shape index (κ1) is 88.0. The summed E-state index contributed by atoms with van der Waals surface area (Å²) in [6.07, 6.45) is -1.93. The van der Waals surface area contributed by atoms with Crippen molar-refractivity contribution in [2.24, 2.45) is 28.9 Å². The van der Waals surface area contributed by atoms with E-state index in [-0.39, 0.29) is 55.9 Å². The average molecular weight is 1580 g/mol. The number of aromatic hydroxyl groups is 2. The monoisotopic (exact) mass is 1580 g/mol. The second-order valence-electron chi connectivity index (χ2n) is 30.2. The van der Waals surface area contributed by atoms with Crippen LogP contribution in [0.5, 0.6) is 11.5 Å². The number of thioether (sulfide) groups is 2. The topological polar surface area (TPSA) is 486 Å². The Balaban J connectivity index is 1.22. The van der Waals surface area contributed by atoms with Gasteiger partial charge in [-0.05, 0) is 136 Å². The Morgan fingerprint density at radius 3 is 1.94 bits per heavy atom. The second-order valence-corrected chi connectivity index (χ2v) is 33.6. The van der Waals surface area contributed by atoms with E-state index in [1.807, 2.05) is 24.3 Å². The molecule has 0 unspecified atom stereocenters. The molecule has 2 bridgehead atoms. The number of primary amides is 1. The van der Waals surface area contributed by atoms with Crippen molar-refractivity contribution in [1.29, 1.82) is 0 Å². The lowest BCUT2D eigenvalue weighted by Crippen LogP contribution is -2.63. The summed E-state index contributed by atoms with van der Waals surface area (Å²) < 4.78 is 17.3. The molecule has 1 saturated heterocycles. The van der Waals surface area contributed by atoms with Crippen LogP contribution in [0.15, 0.2) is 97.3 Å². The number of pyridine rings is 1. The van der Waals surface area contributed by atoms with Crippen LogP contribution in [-0.4, -0.2) is 194 Å². The summed E-state index contributed by atoms with van der Waals surface area (Å²) in [6, 6.07) is 12.4. The molecule has 12 atom stereocenters. The minimum atomic E-state index is -5.36. The third-order valence-electron chi connectivity index (χ3n) is 19.7. The summed E-state index contributed by atoms with van der Waals surface area (Å²) in [5, 5.41) is 53.7. The zero-order valence-electron chi connectivity index (χ0n) is 63.5. The van der Waals surface area contributed by atoms with E-state index in [0.717, 1.165) is 18.1 Å². The highest BCUT2D eigenvalue weighted by molar-refractivity contribution is 7.98. The van der Waals surface area contributed by atoms with Crippen LogP contribution in [0.3, 0.4) is 0 Å². The number of phosphoric acid groups is 1. The van der Waals surface area contributed by atoms with Crippen LogP contribution in [0, 0.1) is 23.2 Å². The molecule has 598 valence electrons. The Hall–Kier alpha value is -9.24. The maximum absolute atomic E-state index is 15.0. The lowest BCUT2D eigenvalue weighted by molar-refractivity contribution is -0.143. The molecule has 0 saturated carbocycles. The maximum Gasteiger partial charge on any atom is 0.469 e. The zero-order chi connectivity index (χ0) is 81.3. The Morgan fingerprint density at radius 1 is 0.718 bits per heavy atom. The van der Waals surface area contributed by atoms with Crippen LogP contribution in [0.25, 0.3) is 11.0 Å². The van der Waals surface area contributed by atoms with Crippen molar-refractivity contribution in [2.75, 3.05) is 18.1 Å². The molecule has 110 heavy (non-hydrogen) atoms. The highest BCUT2D eigenvalue weighted by atomic mass is 32.2. The number of benzene rings is 3. The molecule has 34 heteroatoms. The van der Waals surface area contributed by atoms with Crippen molar-refractivity contribution in [2.45, 2.75) is 205 Å². The van der Waals surface area contributed by atoms with Crippen LogP contribution in [0.4, 0.5) is 0 Å². The van der Waals surface area contributed by atoms with Gasteiger partial charge in [-0.2, -0.15) is 23.5 Å². The fourth-order valence-electron chi connectivity index (χ4n) is 12.8. The fraction of sp³-hybridized carbons (Fsp3) is 0.513. The van der Waals surface area contributed by atoms with E-state index in [1.165, 1.54) is 106 Å². The number of aromatic amines is 1. The minimum absolute atomic E-state index is 0.0203. The van der Waals surface area contributed by atoms with Crippen LogP contribution >= 0.6 is 31.3 Å². The number of hydrogen-bond donors (Lipinski definition) is 15. The van der Waals surface area contributed by atoms with Crippen molar-refractivity contribution < 1.29 is 91.7 Å². The van der Waals surface area contributed by atoms with Gasteiger partial charge >= 0.3 is 7.82 Å². The van der Waals surface area contributed by atoms with E-state index in [1.54, 1.807) is 65.1 Å². The summed E-state index contributed by atoms with van der Waals surface area (Å²) in [6.45, 7) is 16.1. The number of nitrogens with zero attached hydrogens (tertiary/aromatic N) is 2.